The van der Waals surface area contributed by atoms with Crippen molar-refractivity contribution in [3.8, 4) is 33.4 Å². The van der Waals surface area contributed by atoms with Crippen LogP contribution in [0.15, 0.2) is 176 Å². The van der Waals surface area contributed by atoms with Crippen molar-refractivity contribution in [2.24, 2.45) is 0 Å². The van der Waals surface area contributed by atoms with Crippen molar-refractivity contribution in [1.82, 2.24) is 0 Å². The Bertz CT molecular complexity index is 2470. The number of hydrogen-bond acceptors (Lipinski definition) is 1. The molecule has 0 bridgehead atoms. The summed E-state index contributed by atoms with van der Waals surface area (Å²) in [6.07, 6.45) is 0. The van der Waals surface area contributed by atoms with Crippen LogP contribution in [-0.4, -0.2) is 0 Å². The number of fused-ring (bicyclic) bond motifs is 6. The minimum atomic E-state index is -0.115. The molecule has 8 aromatic rings. The van der Waals surface area contributed by atoms with Crippen molar-refractivity contribution in [3.63, 3.8) is 0 Å². The van der Waals surface area contributed by atoms with E-state index in [0.717, 1.165) is 11.4 Å². The first-order chi connectivity index (χ1) is 23.6. The summed E-state index contributed by atoms with van der Waals surface area (Å²) in [5.41, 5.74) is 13.7. The number of anilines is 3. The molecule has 0 saturated heterocycles. The molecule has 0 N–H and O–H groups in total. The Labute approximate surface area is 282 Å². The van der Waals surface area contributed by atoms with Gasteiger partial charge < -0.3 is 4.90 Å². The van der Waals surface area contributed by atoms with Gasteiger partial charge in [0.15, 0.2) is 0 Å². The van der Waals surface area contributed by atoms with Gasteiger partial charge in [0, 0.05) is 22.1 Å². The van der Waals surface area contributed by atoms with Gasteiger partial charge in [-0.3, -0.25) is 0 Å². The Hall–Kier alpha value is -5.92. The number of hydrogen-bond donors (Lipinski definition) is 0. The van der Waals surface area contributed by atoms with E-state index >= 15 is 0 Å². The fraction of sp³-hybridized carbons (Fsp3) is 0.0638. The largest absolute Gasteiger partial charge is 0.309 e. The topological polar surface area (TPSA) is 3.24 Å². The molecule has 0 saturated carbocycles. The van der Waals surface area contributed by atoms with E-state index in [1.807, 2.05) is 0 Å². The first-order valence-corrected chi connectivity index (χ1v) is 16.8. The van der Waals surface area contributed by atoms with Gasteiger partial charge >= 0.3 is 0 Å². The van der Waals surface area contributed by atoms with Gasteiger partial charge in [-0.1, -0.05) is 166 Å². The second-order valence-corrected chi connectivity index (χ2v) is 13.3. The normalized spacial score (nSPS) is 13.0. The maximum absolute atomic E-state index is 2.49. The van der Waals surface area contributed by atoms with Gasteiger partial charge in [-0.05, 0) is 79.4 Å². The van der Waals surface area contributed by atoms with Crippen LogP contribution < -0.4 is 4.90 Å². The molecule has 228 valence electrons. The summed E-state index contributed by atoms with van der Waals surface area (Å²) in [7, 11) is 0. The SMILES string of the molecule is CC1(C)c2ccc(N(c3ccccc3-c3ccccc3)c3cc4ccccc4c4ccccc34)cc2-c2c(-c3ccccc3)cccc21. The highest BCUT2D eigenvalue weighted by molar-refractivity contribution is 6.15. The molecular formula is C47H35N. The van der Waals surface area contributed by atoms with E-state index in [0.29, 0.717) is 0 Å². The van der Waals surface area contributed by atoms with E-state index in [4.69, 9.17) is 0 Å². The number of rotatable bonds is 5. The Morgan fingerprint density at radius 3 is 1.77 bits per heavy atom. The fourth-order valence-corrected chi connectivity index (χ4v) is 7.95. The zero-order chi connectivity index (χ0) is 32.2. The average molecular weight is 614 g/mol. The minimum Gasteiger partial charge on any atom is -0.309 e. The number of para-hydroxylation sites is 1. The van der Waals surface area contributed by atoms with Crippen molar-refractivity contribution in [2.75, 3.05) is 4.90 Å². The molecule has 8 aromatic carbocycles. The highest BCUT2D eigenvalue weighted by Crippen LogP contribution is 2.54. The Morgan fingerprint density at radius 1 is 0.396 bits per heavy atom. The lowest BCUT2D eigenvalue weighted by Gasteiger charge is -2.30. The van der Waals surface area contributed by atoms with Crippen molar-refractivity contribution in [2.45, 2.75) is 19.3 Å². The Kier molecular flexibility index (Phi) is 6.55. The molecule has 0 spiro atoms. The van der Waals surface area contributed by atoms with E-state index < -0.39 is 0 Å². The van der Waals surface area contributed by atoms with Gasteiger partial charge in [-0.2, -0.15) is 0 Å². The molecule has 0 aliphatic heterocycles. The second-order valence-electron chi connectivity index (χ2n) is 13.3. The maximum atomic E-state index is 2.49. The summed E-state index contributed by atoms with van der Waals surface area (Å²) in [5, 5.41) is 4.98. The van der Waals surface area contributed by atoms with Crippen LogP contribution in [0.5, 0.6) is 0 Å². The van der Waals surface area contributed by atoms with Crippen LogP contribution in [0.25, 0.3) is 54.9 Å². The quantitative estimate of drug-likeness (QED) is 0.175. The van der Waals surface area contributed by atoms with Crippen LogP contribution in [-0.2, 0) is 5.41 Å². The molecule has 9 rings (SSSR count). The fourth-order valence-electron chi connectivity index (χ4n) is 7.95. The first kappa shape index (κ1) is 28.3. The monoisotopic (exact) mass is 613 g/mol. The lowest BCUT2D eigenvalue weighted by molar-refractivity contribution is 0.660. The predicted octanol–water partition coefficient (Wildman–Crippen LogP) is 13.1. The molecule has 0 aromatic heterocycles. The third kappa shape index (κ3) is 4.39. The molecule has 0 unspecified atom stereocenters. The lowest BCUT2D eigenvalue weighted by Crippen LogP contribution is -2.15. The van der Waals surface area contributed by atoms with Gasteiger partial charge in [-0.15, -0.1) is 0 Å². The van der Waals surface area contributed by atoms with Gasteiger partial charge in [0.05, 0.1) is 11.4 Å². The van der Waals surface area contributed by atoms with E-state index in [-0.39, 0.29) is 5.41 Å². The molecule has 0 atom stereocenters. The number of benzene rings is 8. The molecule has 48 heavy (non-hydrogen) atoms. The molecule has 0 amide bonds. The zero-order valence-electron chi connectivity index (χ0n) is 27.2. The third-order valence-electron chi connectivity index (χ3n) is 10.2. The molecular weight excluding hydrogens is 579 g/mol. The van der Waals surface area contributed by atoms with Crippen LogP contribution in [0.1, 0.15) is 25.0 Å². The van der Waals surface area contributed by atoms with Gasteiger partial charge in [0.1, 0.15) is 0 Å². The van der Waals surface area contributed by atoms with E-state index in [9.17, 15) is 0 Å². The van der Waals surface area contributed by atoms with E-state index in [1.165, 1.54) is 71.7 Å². The lowest BCUT2D eigenvalue weighted by atomic mass is 9.82. The molecule has 0 fully saturated rings. The highest BCUT2D eigenvalue weighted by atomic mass is 15.1. The van der Waals surface area contributed by atoms with Gasteiger partial charge in [0.2, 0.25) is 0 Å². The second kappa shape index (κ2) is 11.1. The summed E-state index contributed by atoms with van der Waals surface area (Å²) >= 11 is 0. The van der Waals surface area contributed by atoms with Crippen LogP contribution in [0.2, 0.25) is 0 Å². The highest BCUT2D eigenvalue weighted by Gasteiger charge is 2.37. The third-order valence-corrected chi connectivity index (χ3v) is 10.2. The van der Waals surface area contributed by atoms with Crippen LogP contribution in [0.4, 0.5) is 17.1 Å². The standard InChI is InChI=1S/C47H35N/c1-47(2)42-29-28-35(31-41(42)46-38(25-15-26-43(46)47)33-18-7-4-8-19-33)48(44-27-14-13-22-37(44)32-16-5-3-6-17-32)45-30-34-20-9-10-21-36(34)39-23-11-12-24-40(39)45/h3-31H,1-2H3. The van der Waals surface area contributed by atoms with Crippen LogP contribution in [0, 0.1) is 0 Å². The van der Waals surface area contributed by atoms with E-state index in [1.54, 1.807) is 0 Å². The first-order valence-electron chi connectivity index (χ1n) is 16.8. The van der Waals surface area contributed by atoms with Crippen molar-refractivity contribution in [1.29, 1.82) is 0 Å². The zero-order valence-corrected chi connectivity index (χ0v) is 27.2. The minimum absolute atomic E-state index is 0.115. The molecule has 1 heteroatoms. The predicted molar refractivity (Wildman–Crippen MR) is 205 cm³/mol. The number of nitrogens with zero attached hydrogens (tertiary/aromatic N) is 1. The maximum Gasteiger partial charge on any atom is 0.0546 e. The summed E-state index contributed by atoms with van der Waals surface area (Å²) in [6.45, 7) is 4.73. The van der Waals surface area contributed by atoms with Crippen molar-refractivity contribution < 1.29 is 0 Å². The summed E-state index contributed by atoms with van der Waals surface area (Å²) < 4.78 is 0. The summed E-state index contributed by atoms with van der Waals surface area (Å²) in [6, 6.07) is 64.4. The molecule has 0 heterocycles. The van der Waals surface area contributed by atoms with Crippen molar-refractivity contribution in [3.05, 3.63) is 187 Å². The smallest absolute Gasteiger partial charge is 0.0546 e. The van der Waals surface area contributed by atoms with Crippen LogP contribution >= 0.6 is 0 Å². The molecule has 1 aliphatic carbocycles. The summed E-state index contributed by atoms with van der Waals surface area (Å²) in [4.78, 5) is 2.49. The van der Waals surface area contributed by atoms with Gasteiger partial charge in [-0.25, -0.2) is 0 Å². The summed E-state index contributed by atoms with van der Waals surface area (Å²) in [5.74, 6) is 0. The van der Waals surface area contributed by atoms with E-state index in [2.05, 4.69) is 195 Å². The van der Waals surface area contributed by atoms with Gasteiger partial charge in [0.25, 0.3) is 0 Å². The van der Waals surface area contributed by atoms with Crippen LogP contribution in [0.3, 0.4) is 0 Å². The molecule has 1 nitrogen and oxygen atoms in total. The molecule has 1 aliphatic rings. The van der Waals surface area contributed by atoms with Crippen molar-refractivity contribution >= 4 is 38.6 Å². The Morgan fingerprint density at radius 2 is 1.00 bits per heavy atom. The average Bonchev–Trinajstić information content (AvgIpc) is 3.38. The Balaban J connectivity index is 1.36. The molecule has 0 radical (unpaired) electrons.